The molecule has 4 bridgehead atoms. The molecule has 11 heteroatoms. The first-order chi connectivity index (χ1) is 23.3. The zero-order chi connectivity index (χ0) is 32.7. The highest BCUT2D eigenvalue weighted by Gasteiger charge is 2.48. The van der Waals surface area contributed by atoms with E-state index in [-0.39, 0.29) is 47.1 Å². The maximum Gasteiger partial charge on any atom is 0.319 e. The standard InChI is InChI=1S/C37H45F2N5O4/c1-46-25(18-44-23-6-7-29(44)30(13-23)47-2)19-48-36-41-34-27(35(42-36)43-16-21-4-5-22(17-43)40-21)15-28(38)31(33(34)39)26-14-24(45)12-20-8-11-37(32(20)26)9-3-10-37/h12,14-15,21-23,25,29-30,40,45H,3-11,13,16-19H2,1-2H3/t21?,22?,23?,25-,29?,30?/m1/s1. The maximum atomic E-state index is 17.0. The summed E-state index contributed by atoms with van der Waals surface area (Å²) in [6.45, 7) is 2.27. The monoisotopic (exact) mass is 661 g/mol. The molecule has 1 aromatic heterocycles. The quantitative estimate of drug-likeness (QED) is 0.320. The number of methoxy groups -OCH3 is 2. The summed E-state index contributed by atoms with van der Waals surface area (Å²) >= 11 is 0. The topological polar surface area (TPSA) is 92.2 Å². The largest absolute Gasteiger partial charge is 0.508 e. The van der Waals surface area contributed by atoms with Gasteiger partial charge in [-0.2, -0.15) is 9.97 Å². The smallest absolute Gasteiger partial charge is 0.319 e. The lowest BCUT2D eigenvalue weighted by atomic mass is 9.63. The van der Waals surface area contributed by atoms with Crippen LogP contribution in [-0.4, -0.2) is 96.8 Å². The van der Waals surface area contributed by atoms with Crippen molar-refractivity contribution < 1.29 is 28.1 Å². The fraction of sp³-hybridized carbons (Fsp3) is 0.622. The van der Waals surface area contributed by atoms with E-state index in [2.05, 4.69) is 20.1 Å². The second-order valence-electron chi connectivity index (χ2n) is 15.2. The molecule has 0 radical (unpaired) electrons. The van der Waals surface area contributed by atoms with Crippen molar-refractivity contribution in [3.05, 3.63) is 41.0 Å². The number of halogens is 2. The van der Waals surface area contributed by atoms with Gasteiger partial charge >= 0.3 is 6.01 Å². The molecular formula is C37H45F2N5O4. The molecule has 1 saturated carbocycles. The van der Waals surface area contributed by atoms with Crippen LogP contribution in [0.25, 0.3) is 22.0 Å². The summed E-state index contributed by atoms with van der Waals surface area (Å²) in [7, 11) is 3.47. The third-order valence-electron chi connectivity index (χ3n) is 12.6. The Morgan fingerprint density at radius 2 is 1.85 bits per heavy atom. The van der Waals surface area contributed by atoms with Crippen LogP contribution in [0, 0.1) is 11.6 Å². The fourth-order valence-electron chi connectivity index (χ4n) is 10.2. The van der Waals surface area contributed by atoms with Gasteiger partial charge in [-0.05, 0) is 98.1 Å². The molecule has 1 spiro atoms. The predicted molar refractivity (Wildman–Crippen MR) is 178 cm³/mol. The van der Waals surface area contributed by atoms with Gasteiger partial charge in [0.05, 0.1) is 11.7 Å². The number of ether oxygens (including phenoxy) is 3. The lowest BCUT2D eigenvalue weighted by Crippen LogP contribution is -2.51. The van der Waals surface area contributed by atoms with Crippen LogP contribution in [0.3, 0.4) is 0 Å². The van der Waals surface area contributed by atoms with Crippen LogP contribution in [-0.2, 0) is 21.3 Å². The van der Waals surface area contributed by atoms with Gasteiger partial charge in [-0.1, -0.05) is 6.42 Å². The Morgan fingerprint density at radius 1 is 1.04 bits per heavy atom. The Hall–Kier alpha value is -3.12. The number of benzene rings is 2. The van der Waals surface area contributed by atoms with Crippen molar-refractivity contribution in [3.63, 3.8) is 0 Å². The summed E-state index contributed by atoms with van der Waals surface area (Å²) in [5, 5.41) is 14.7. The van der Waals surface area contributed by atoms with Crippen LogP contribution in [0.1, 0.15) is 68.9 Å². The van der Waals surface area contributed by atoms with Gasteiger partial charge in [0.1, 0.15) is 35.6 Å². The van der Waals surface area contributed by atoms with Crippen LogP contribution in [0.4, 0.5) is 14.6 Å². The molecule has 5 heterocycles. The molecule has 4 saturated heterocycles. The number of anilines is 1. The van der Waals surface area contributed by atoms with Crippen molar-refractivity contribution in [2.45, 2.75) is 106 Å². The highest BCUT2D eigenvalue weighted by atomic mass is 19.1. The van der Waals surface area contributed by atoms with Crippen molar-refractivity contribution in [1.82, 2.24) is 20.2 Å². The number of phenolic OH excluding ortho intramolecular Hbond substituents is 1. The van der Waals surface area contributed by atoms with Crippen LogP contribution in [0.5, 0.6) is 11.8 Å². The van der Waals surface area contributed by atoms with Crippen molar-refractivity contribution in [1.29, 1.82) is 0 Å². The maximum absolute atomic E-state index is 17.0. The molecule has 256 valence electrons. The molecule has 5 fully saturated rings. The molecule has 48 heavy (non-hydrogen) atoms. The Balaban J connectivity index is 1.10. The molecule has 2 aromatic carbocycles. The van der Waals surface area contributed by atoms with Gasteiger partial charge in [-0.3, -0.25) is 4.90 Å². The van der Waals surface area contributed by atoms with Crippen molar-refractivity contribution in [2.75, 3.05) is 45.4 Å². The first kappa shape index (κ1) is 30.9. The third-order valence-corrected chi connectivity index (χ3v) is 12.6. The molecule has 9 nitrogen and oxygen atoms in total. The summed E-state index contributed by atoms with van der Waals surface area (Å²) in [5.41, 5.74) is 2.24. The van der Waals surface area contributed by atoms with E-state index in [1.165, 1.54) is 12.1 Å². The second kappa shape index (κ2) is 11.7. The minimum Gasteiger partial charge on any atom is -0.508 e. The summed E-state index contributed by atoms with van der Waals surface area (Å²) in [5.74, 6) is -0.895. The lowest BCUT2D eigenvalue weighted by molar-refractivity contribution is 0.0127. The van der Waals surface area contributed by atoms with Gasteiger partial charge in [0, 0.05) is 63.4 Å². The van der Waals surface area contributed by atoms with Crippen molar-refractivity contribution in [2.24, 2.45) is 0 Å². The molecule has 6 aliphatic rings. The molecule has 3 aromatic rings. The number of aromatic nitrogens is 2. The minimum absolute atomic E-state index is 0.0246. The van der Waals surface area contributed by atoms with E-state index in [4.69, 9.17) is 19.2 Å². The Morgan fingerprint density at radius 3 is 2.56 bits per heavy atom. The highest BCUT2D eigenvalue weighted by molar-refractivity contribution is 5.94. The van der Waals surface area contributed by atoms with Gasteiger partial charge < -0.3 is 29.5 Å². The first-order valence-electron chi connectivity index (χ1n) is 17.9. The number of aryl methyl sites for hydroxylation is 1. The number of hydrogen-bond donors (Lipinski definition) is 2. The number of aromatic hydroxyl groups is 1. The molecular weight excluding hydrogens is 616 g/mol. The number of nitrogens with one attached hydrogen (secondary N) is 1. The molecule has 4 aliphatic heterocycles. The van der Waals surface area contributed by atoms with E-state index in [0.29, 0.717) is 60.6 Å². The number of rotatable bonds is 9. The average Bonchev–Trinajstić information content (AvgIpc) is 3.83. The van der Waals surface area contributed by atoms with E-state index < -0.39 is 11.6 Å². The van der Waals surface area contributed by atoms with Crippen LogP contribution >= 0.6 is 0 Å². The number of hydrogen-bond acceptors (Lipinski definition) is 9. The molecule has 5 unspecified atom stereocenters. The van der Waals surface area contributed by atoms with E-state index >= 15 is 8.78 Å². The Kier molecular flexibility index (Phi) is 7.56. The zero-order valence-electron chi connectivity index (χ0n) is 27.8. The van der Waals surface area contributed by atoms with Gasteiger partial charge in [-0.25, -0.2) is 8.78 Å². The number of phenols is 1. The number of nitrogens with zero attached hydrogens (tertiary/aromatic N) is 4. The summed E-state index contributed by atoms with van der Waals surface area (Å²) in [4.78, 5) is 14.1. The third kappa shape index (κ3) is 4.90. The normalized spacial score (nSPS) is 29.2. The van der Waals surface area contributed by atoms with Gasteiger partial charge in [0.15, 0.2) is 5.82 Å². The van der Waals surface area contributed by atoms with Crippen LogP contribution in [0.15, 0.2) is 18.2 Å². The molecule has 9 rings (SSSR count). The molecule has 0 amide bonds. The Bertz CT molecular complexity index is 1740. The van der Waals surface area contributed by atoms with E-state index in [1.807, 2.05) is 0 Å². The van der Waals surface area contributed by atoms with Crippen molar-refractivity contribution in [3.8, 4) is 22.9 Å². The molecule has 2 aliphatic carbocycles. The lowest BCUT2D eigenvalue weighted by Gasteiger charge is -2.40. The van der Waals surface area contributed by atoms with Crippen LogP contribution in [0.2, 0.25) is 0 Å². The van der Waals surface area contributed by atoms with E-state index in [9.17, 15) is 5.11 Å². The highest BCUT2D eigenvalue weighted by Crippen LogP contribution is 2.56. The van der Waals surface area contributed by atoms with Crippen LogP contribution < -0.4 is 15.0 Å². The minimum atomic E-state index is -0.742. The molecule has 6 atom stereocenters. The average molecular weight is 662 g/mol. The van der Waals surface area contributed by atoms with Gasteiger partial charge in [0.2, 0.25) is 0 Å². The second-order valence-corrected chi connectivity index (χ2v) is 15.2. The SMILES string of the molecule is COC1CC2CCC1N2C[C@H](COc1nc(N2CC3CCC(C2)N3)c2cc(F)c(-c3cc(O)cc4c3C3(CCC3)CC4)c(F)c2n1)OC. The van der Waals surface area contributed by atoms with Gasteiger partial charge in [-0.15, -0.1) is 0 Å². The van der Waals surface area contributed by atoms with Crippen molar-refractivity contribution >= 4 is 16.7 Å². The summed E-state index contributed by atoms with van der Waals surface area (Å²) < 4.78 is 51.3. The van der Waals surface area contributed by atoms with Gasteiger partial charge in [0.25, 0.3) is 0 Å². The van der Waals surface area contributed by atoms with E-state index in [1.54, 1.807) is 20.3 Å². The van der Waals surface area contributed by atoms with E-state index in [0.717, 1.165) is 75.3 Å². The summed E-state index contributed by atoms with van der Waals surface area (Å²) in [6, 6.07) is 6.20. The first-order valence-corrected chi connectivity index (χ1v) is 17.9. The zero-order valence-corrected chi connectivity index (χ0v) is 27.8. The predicted octanol–water partition coefficient (Wildman–Crippen LogP) is 5.23. The number of fused-ring (bicyclic) bond motifs is 7. The summed E-state index contributed by atoms with van der Waals surface area (Å²) in [6.07, 6.45) is 10.3. The molecule has 2 N–H and O–H groups in total. The Labute approximate surface area is 280 Å². The fourth-order valence-corrected chi connectivity index (χ4v) is 10.2. The number of piperazine rings is 1.